The summed E-state index contributed by atoms with van der Waals surface area (Å²) in [6.07, 6.45) is 2.58. The van der Waals surface area contributed by atoms with Crippen molar-refractivity contribution in [2.24, 2.45) is 17.1 Å². The molecule has 156 valence electrons. The Morgan fingerprint density at radius 3 is 2.67 bits per heavy atom. The summed E-state index contributed by atoms with van der Waals surface area (Å²) in [6.45, 7) is 6.65. The van der Waals surface area contributed by atoms with Crippen LogP contribution >= 0.6 is 11.3 Å². The number of thiophene rings is 1. The second-order valence-electron chi connectivity index (χ2n) is 8.82. The van der Waals surface area contributed by atoms with Crippen molar-refractivity contribution in [3.63, 3.8) is 0 Å². The molecule has 3 aromatic rings. The largest absolute Gasteiger partial charge is 0.417 e. The lowest BCUT2D eigenvalue weighted by Gasteiger charge is -2.33. The van der Waals surface area contributed by atoms with E-state index < -0.39 is 17.4 Å². The van der Waals surface area contributed by atoms with E-state index in [-0.39, 0.29) is 11.2 Å². The highest BCUT2D eigenvalue weighted by Gasteiger charge is 2.33. The zero-order chi connectivity index (χ0) is 21.6. The van der Waals surface area contributed by atoms with Crippen molar-refractivity contribution in [1.82, 2.24) is 0 Å². The van der Waals surface area contributed by atoms with Gasteiger partial charge in [0.25, 0.3) is 11.8 Å². The van der Waals surface area contributed by atoms with Gasteiger partial charge in [-0.25, -0.2) is 4.79 Å². The molecular weight excluding hydrogens is 400 g/mol. The average molecular weight is 425 g/mol. The fraction of sp³-hybridized carbons (Fsp3) is 0.348. The summed E-state index contributed by atoms with van der Waals surface area (Å²) < 4.78 is 5.21. The number of carbonyl (C=O) groups is 2. The van der Waals surface area contributed by atoms with Crippen LogP contribution < -0.4 is 16.7 Å². The van der Waals surface area contributed by atoms with Gasteiger partial charge < -0.3 is 15.5 Å². The number of hydrogen-bond donors (Lipinski definition) is 2. The number of primary amides is 1. The number of fused-ring (bicyclic) bond motifs is 2. The molecule has 0 saturated heterocycles. The van der Waals surface area contributed by atoms with Gasteiger partial charge in [0.1, 0.15) is 5.00 Å². The number of rotatable bonds is 3. The first-order valence-electron chi connectivity index (χ1n) is 9.93. The molecule has 1 unspecified atom stereocenters. The van der Waals surface area contributed by atoms with Gasteiger partial charge in [-0.05, 0) is 53.7 Å². The average Bonchev–Trinajstić information content (AvgIpc) is 3.04. The highest BCUT2D eigenvalue weighted by atomic mass is 32.1. The third-order valence-electron chi connectivity index (χ3n) is 5.86. The maximum absolute atomic E-state index is 12.8. The van der Waals surface area contributed by atoms with Crippen LogP contribution in [0.25, 0.3) is 10.8 Å². The molecule has 0 aliphatic heterocycles. The summed E-state index contributed by atoms with van der Waals surface area (Å²) in [4.78, 5) is 38.3. The number of hydrogen-bond acceptors (Lipinski definition) is 5. The molecule has 0 fully saturated rings. The summed E-state index contributed by atoms with van der Waals surface area (Å²) in [5.74, 6) is -0.747. The van der Waals surface area contributed by atoms with Crippen molar-refractivity contribution in [3.05, 3.63) is 62.5 Å². The van der Waals surface area contributed by atoms with Crippen molar-refractivity contribution >= 4 is 38.9 Å². The Hall–Kier alpha value is -2.93. The van der Waals surface area contributed by atoms with Crippen LogP contribution in [0.1, 0.15) is 58.5 Å². The van der Waals surface area contributed by atoms with Gasteiger partial charge in [0.05, 0.1) is 10.9 Å². The second kappa shape index (κ2) is 7.40. The van der Waals surface area contributed by atoms with E-state index in [9.17, 15) is 14.4 Å². The van der Waals surface area contributed by atoms with Gasteiger partial charge in [-0.3, -0.25) is 9.59 Å². The molecule has 2 aromatic heterocycles. The molecule has 1 aliphatic carbocycles. The van der Waals surface area contributed by atoms with Crippen LogP contribution in [0.5, 0.6) is 0 Å². The lowest BCUT2D eigenvalue weighted by Crippen LogP contribution is -2.27. The van der Waals surface area contributed by atoms with Gasteiger partial charge in [-0.2, -0.15) is 0 Å². The smallest absolute Gasteiger partial charge is 0.344 e. The molecule has 7 heteroatoms. The van der Waals surface area contributed by atoms with Crippen LogP contribution in [0.15, 0.2) is 39.5 Å². The number of anilines is 1. The van der Waals surface area contributed by atoms with E-state index in [1.54, 1.807) is 24.3 Å². The monoisotopic (exact) mass is 424 g/mol. The van der Waals surface area contributed by atoms with Crippen LogP contribution in [0.2, 0.25) is 0 Å². The maximum atomic E-state index is 12.8. The first kappa shape index (κ1) is 20.3. The van der Waals surface area contributed by atoms with E-state index in [4.69, 9.17) is 10.2 Å². The van der Waals surface area contributed by atoms with Gasteiger partial charge in [0.2, 0.25) is 0 Å². The van der Waals surface area contributed by atoms with Crippen LogP contribution in [0, 0.1) is 11.3 Å². The van der Waals surface area contributed by atoms with Crippen LogP contribution in [0.3, 0.4) is 0 Å². The lowest BCUT2D eigenvalue weighted by atomic mass is 9.72. The fourth-order valence-corrected chi connectivity index (χ4v) is 5.41. The first-order valence-corrected chi connectivity index (χ1v) is 10.8. The molecule has 1 atom stereocenters. The molecule has 1 aliphatic rings. The zero-order valence-electron chi connectivity index (χ0n) is 17.2. The van der Waals surface area contributed by atoms with E-state index in [0.29, 0.717) is 27.3 Å². The molecule has 4 rings (SSSR count). The van der Waals surface area contributed by atoms with Crippen molar-refractivity contribution < 1.29 is 14.0 Å². The molecule has 0 bridgehead atoms. The zero-order valence-corrected chi connectivity index (χ0v) is 18.0. The number of nitrogens with two attached hydrogens (primary N) is 1. The van der Waals surface area contributed by atoms with Crippen LogP contribution in [-0.2, 0) is 12.8 Å². The Balaban J connectivity index is 1.68. The molecule has 6 nitrogen and oxygen atoms in total. The number of amides is 2. The van der Waals surface area contributed by atoms with Gasteiger partial charge in [-0.1, -0.05) is 39.0 Å². The molecule has 2 heterocycles. The second-order valence-corrected chi connectivity index (χ2v) is 9.92. The minimum Gasteiger partial charge on any atom is -0.417 e. The topological polar surface area (TPSA) is 102 Å². The Morgan fingerprint density at radius 1 is 1.23 bits per heavy atom. The third-order valence-corrected chi connectivity index (χ3v) is 7.03. The van der Waals surface area contributed by atoms with Crippen molar-refractivity contribution in [1.29, 1.82) is 0 Å². The van der Waals surface area contributed by atoms with E-state index in [0.717, 1.165) is 29.7 Å². The van der Waals surface area contributed by atoms with Crippen molar-refractivity contribution in [3.8, 4) is 0 Å². The predicted octanol–water partition coefficient (Wildman–Crippen LogP) is 4.36. The van der Waals surface area contributed by atoms with Crippen molar-refractivity contribution in [2.75, 3.05) is 5.32 Å². The summed E-state index contributed by atoms with van der Waals surface area (Å²) >= 11 is 1.39. The number of benzene rings is 1. The minimum atomic E-state index is -0.577. The van der Waals surface area contributed by atoms with E-state index in [1.807, 2.05) is 0 Å². The summed E-state index contributed by atoms with van der Waals surface area (Å²) in [5, 5.41) is 4.20. The van der Waals surface area contributed by atoms with Crippen LogP contribution in [0.4, 0.5) is 5.00 Å². The Bertz CT molecular complexity index is 1220. The molecular formula is C23H24N2O4S. The Labute approximate surface area is 178 Å². The molecule has 0 radical (unpaired) electrons. The minimum absolute atomic E-state index is 0.104. The molecule has 2 amide bonds. The predicted molar refractivity (Wildman–Crippen MR) is 118 cm³/mol. The lowest BCUT2D eigenvalue weighted by molar-refractivity contribution is 0.0993. The van der Waals surface area contributed by atoms with E-state index in [2.05, 4.69) is 26.1 Å². The Kier molecular flexibility index (Phi) is 5.02. The quantitative estimate of drug-likeness (QED) is 0.652. The van der Waals surface area contributed by atoms with Gasteiger partial charge >= 0.3 is 5.63 Å². The number of nitrogens with one attached hydrogen (secondary N) is 1. The molecule has 0 saturated carbocycles. The van der Waals surface area contributed by atoms with E-state index in [1.165, 1.54) is 17.4 Å². The summed E-state index contributed by atoms with van der Waals surface area (Å²) in [6, 6.07) is 8.44. The Morgan fingerprint density at radius 2 is 1.97 bits per heavy atom. The van der Waals surface area contributed by atoms with Crippen molar-refractivity contribution in [2.45, 2.75) is 40.0 Å². The fourth-order valence-electron chi connectivity index (χ4n) is 4.08. The first-order chi connectivity index (χ1) is 14.1. The van der Waals surface area contributed by atoms with Crippen LogP contribution in [-0.4, -0.2) is 11.8 Å². The maximum Gasteiger partial charge on any atom is 0.344 e. The standard InChI is InChI=1S/C23H24N2O4S/c1-23(2,3)13-8-9-15-17(11-13)30-21(18(15)19(24)26)25-20(27)16-10-12-6-4-5-7-14(12)22(28)29-16/h4-7,10,13H,8-9,11H2,1-3H3,(H2,24,26)(H,25,27). The molecule has 0 spiro atoms. The molecule has 30 heavy (non-hydrogen) atoms. The van der Waals surface area contributed by atoms with Gasteiger partial charge in [0, 0.05) is 4.88 Å². The molecule has 1 aromatic carbocycles. The third kappa shape index (κ3) is 3.65. The van der Waals surface area contributed by atoms with Gasteiger partial charge in [-0.15, -0.1) is 11.3 Å². The summed E-state index contributed by atoms with van der Waals surface area (Å²) in [5.41, 5.74) is 6.55. The highest BCUT2D eigenvalue weighted by Crippen LogP contribution is 2.44. The SMILES string of the molecule is CC(C)(C)C1CCc2c(sc(NC(=O)c3cc4ccccc4c(=O)o3)c2C(N)=O)C1. The highest BCUT2D eigenvalue weighted by molar-refractivity contribution is 7.17. The normalized spacial score (nSPS) is 16.3. The number of carbonyl (C=O) groups excluding carboxylic acids is 2. The summed E-state index contributed by atoms with van der Waals surface area (Å²) in [7, 11) is 0. The van der Waals surface area contributed by atoms with E-state index >= 15 is 0 Å². The molecule has 3 N–H and O–H groups in total. The van der Waals surface area contributed by atoms with Gasteiger partial charge in [0.15, 0.2) is 5.76 Å².